The Labute approximate surface area is 368 Å². The third kappa shape index (κ3) is 20.2. The van der Waals surface area contributed by atoms with Gasteiger partial charge in [-0.15, -0.1) is 0 Å². The number of carbonyl (C=O) groups is 5. The summed E-state index contributed by atoms with van der Waals surface area (Å²) in [6.45, 7) is 6.74. The fraction of sp³-hybridized carbons (Fsp3) is 0.738. The first-order chi connectivity index (χ1) is 30.0. The number of ketones is 1. The summed E-state index contributed by atoms with van der Waals surface area (Å²) in [4.78, 5) is 66.8. The highest BCUT2D eigenvalue weighted by molar-refractivity contribution is 5.97. The van der Waals surface area contributed by atoms with E-state index in [4.69, 9.17) is 25.5 Å². The van der Waals surface area contributed by atoms with Gasteiger partial charge in [0.2, 0.25) is 11.8 Å². The normalized spacial score (nSPS) is 20.9. The Balaban J connectivity index is 2.07. The van der Waals surface area contributed by atoms with Crippen LogP contribution in [0.2, 0.25) is 0 Å². The molecule has 1 aromatic rings. The molecule has 63 heavy (non-hydrogen) atoms. The minimum Gasteiger partial charge on any atom is -0.445 e. The smallest absolute Gasteiger partial charge is 0.407 e. The van der Waals surface area contributed by atoms with Crippen molar-refractivity contribution in [2.45, 2.75) is 154 Å². The summed E-state index contributed by atoms with van der Waals surface area (Å²) in [7, 11) is 0. The van der Waals surface area contributed by atoms with Crippen molar-refractivity contribution in [2.75, 3.05) is 31.6 Å². The first-order valence-electron chi connectivity index (χ1n) is 21.8. The van der Waals surface area contributed by atoms with E-state index in [9.17, 15) is 49.5 Å². The molecule has 0 aliphatic carbocycles. The topological polar surface area (TPSA) is 337 Å². The molecule has 2 rings (SSSR count). The first kappa shape index (κ1) is 54.5. The molecule has 0 aromatic heterocycles. The summed E-state index contributed by atoms with van der Waals surface area (Å²) in [5, 5.41) is 65.6. The Hall–Kier alpha value is -4.60. The number of hydrogen-bond donors (Lipinski definition) is 10. The van der Waals surface area contributed by atoms with E-state index in [1.807, 2.05) is 13.8 Å². The van der Waals surface area contributed by atoms with Gasteiger partial charge in [0.25, 0.3) is 0 Å². The van der Waals surface area contributed by atoms with Gasteiger partial charge in [0.1, 0.15) is 31.0 Å². The van der Waals surface area contributed by atoms with Gasteiger partial charge in [-0.2, -0.15) is 0 Å². The molecule has 2 unspecified atom stereocenters. The van der Waals surface area contributed by atoms with Crippen LogP contribution < -0.4 is 27.0 Å². The first-order valence-corrected chi connectivity index (χ1v) is 21.8. The van der Waals surface area contributed by atoms with E-state index in [2.05, 4.69) is 31.3 Å². The number of benzene rings is 1. The van der Waals surface area contributed by atoms with E-state index in [0.717, 1.165) is 19.3 Å². The van der Waals surface area contributed by atoms with Crippen molar-refractivity contribution in [1.82, 2.24) is 16.0 Å². The summed E-state index contributed by atoms with van der Waals surface area (Å²) in [5.74, 6) is -2.45. The summed E-state index contributed by atoms with van der Waals surface area (Å²) in [5.41, 5.74) is 14.5. The highest BCUT2D eigenvalue weighted by Gasteiger charge is 2.44. The maximum Gasteiger partial charge on any atom is 0.407 e. The van der Waals surface area contributed by atoms with Crippen LogP contribution >= 0.6 is 0 Å². The van der Waals surface area contributed by atoms with Crippen molar-refractivity contribution in [3.8, 4) is 0 Å². The quantitative estimate of drug-likeness (QED) is 0.0230. The summed E-state index contributed by atoms with van der Waals surface area (Å²) in [6, 6.07) is 3.80. The summed E-state index contributed by atoms with van der Waals surface area (Å²) >= 11 is 0. The molecule has 0 bridgehead atoms. The Morgan fingerprint density at radius 2 is 1.65 bits per heavy atom. The fourth-order valence-electron chi connectivity index (χ4n) is 6.99. The largest absolute Gasteiger partial charge is 0.445 e. The molecule has 10 atom stereocenters. The Morgan fingerprint density at radius 1 is 0.937 bits per heavy atom. The molecule has 11 N–H and O–H groups in total. The maximum absolute atomic E-state index is 13.6. The van der Waals surface area contributed by atoms with Crippen LogP contribution in [0.25, 0.3) is 10.4 Å². The SMILES string of the molecule is CCCCC[C@@H](C)[C@@H](O)[C@H](CO[C@H]1OC(CO)[C@H](O)[C@H](O)C1O)NC(=O)OCc1ccc(NC(=O)[C@H](CCCNC(N)=O)CC(=O)[C@@H](NC(=O)CCCCCN=[N+]=[N-])C(C)C)cc1. The molecule has 21 heteroatoms. The molecule has 0 radical (unpaired) electrons. The number of azide groups is 1. The lowest BCUT2D eigenvalue weighted by Crippen LogP contribution is -2.60. The highest BCUT2D eigenvalue weighted by Crippen LogP contribution is 2.24. The zero-order valence-electron chi connectivity index (χ0n) is 36.9. The zero-order valence-corrected chi connectivity index (χ0v) is 36.9. The number of hydrogen-bond acceptors (Lipinski definition) is 14. The van der Waals surface area contributed by atoms with Gasteiger partial charge >= 0.3 is 12.1 Å². The number of primary amides is 1. The molecule has 21 nitrogen and oxygen atoms in total. The predicted octanol–water partition coefficient (Wildman–Crippen LogP) is 2.65. The third-order valence-corrected chi connectivity index (χ3v) is 10.8. The van der Waals surface area contributed by atoms with Gasteiger partial charge in [-0.25, -0.2) is 9.59 Å². The number of rotatable bonds is 30. The van der Waals surface area contributed by atoms with E-state index in [1.165, 1.54) is 0 Å². The lowest BCUT2D eigenvalue weighted by Gasteiger charge is -2.40. The molecule has 1 fully saturated rings. The van der Waals surface area contributed by atoms with Gasteiger partial charge in [-0.05, 0) is 67.2 Å². The molecule has 1 aliphatic rings. The van der Waals surface area contributed by atoms with Crippen LogP contribution in [0.3, 0.4) is 0 Å². The van der Waals surface area contributed by atoms with Crippen LogP contribution in [0.1, 0.15) is 104 Å². The second-order valence-corrected chi connectivity index (χ2v) is 16.4. The number of unbranched alkanes of at least 4 members (excludes halogenated alkanes) is 4. The minimum absolute atomic E-state index is 0.181. The van der Waals surface area contributed by atoms with E-state index < -0.39 is 79.4 Å². The van der Waals surface area contributed by atoms with Gasteiger partial charge in [0, 0.05) is 42.4 Å². The number of amides is 5. The van der Waals surface area contributed by atoms with E-state index in [1.54, 1.807) is 38.1 Å². The Kier molecular flexibility index (Phi) is 25.7. The second kappa shape index (κ2) is 29.7. The van der Waals surface area contributed by atoms with Crippen LogP contribution in [0.15, 0.2) is 29.4 Å². The van der Waals surface area contributed by atoms with Gasteiger partial charge < -0.3 is 66.7 Å². The van der Waals surface area contributed by atoms with Crippen molar-refractivity contribution in [2.24, 2.45) is 28.6 Å². The van der Waals surface area contributed by atoms with Gasteiger partial charge in [-0.1, -0.05) is 70.6 Å². The molecule has 1 heterocycles. The molecule has 356 valence electrons. The lowest BCUT2D eigenvalue weighted by atomic mass is 9.89. The molecule has 1 aromatic carbocycles. The molecule has 1 saturated heterocycles. The number of aliphatic hydroxyl groups is 5. The zero-order chi connectivity index (χ0) is 46.9. The Bertz CT molecular complexity index is 1600. The van der Waals surface area contributed by atoms with Crippen LogP contribution in [0.4, 0.5) is 15.3 Å². The lowest BCUT2D eigenvalue weighted by molar-refractivity contribution is -0.303. The maximum atomic E-state index is 13.6. The number of alkyl carbamates (subject to hydrolysis) is 1. The van der Waals surface area contributed by atoms with Crippen molar-refractivity contribution < 1.29 is 63.7 Å². The number of ether oxygens (including phenoxy) is 3. The van der Waals surface area contributed by atoms with Crippen LogP contribution in [-0.2, 0) is 35.2 Å². The van der Waals surface area contributed by atoms with Crippen LogP contribution in [-0.4, -0.2) is 130 Å². The summed E-state index contributed by atoms with van der Waals surface area (Å²) in [6.07, 6.45) is -3.80. The van der Waals surface area contributed by atoms with Gasteiger partial charge in [0.05, 0.1) is 31.4 Å². The van der Waals surface area contributed by atoms with E-state index in [0.29, 0.717) is 49.9 Å². The van der Waals surface area contributed by atoms with Crippen molar-refractivity contribution in [1.29, 1.82) is 0 Å². The van der Waals surface area contributed by atoms with Crippen LogP contribution in [0, 0.1) is 17.8 Å². The number of nitrogens with one attached hydrogen (secondary N) is 4. The second-order valence-electron chi connectivity index (χ2n) is 16.4. The van der Waals surface area contributed by atoms with Crippen LogP contribution in [0.5, 0.6) is 0 Å². The average molecular weight is 895 g/mol. The number of nitrogens with two attached hydrogens (primary N) is 1. The summed E-state index contributed by atoms with van der Waals surface area (Å²) < 4.78 is 16.5. The number of aliphatic hydroxyl groups excluding tert-OH is 5. The van der Waals surface area contributed by atoms with Crippen molar-refractivity contribution >= 4 is 35.4 Å². The Morgan fingerprint density at radius 3 is 2.29 bits per heavy atom. The van der Waals surface area contributed by atoms with Gasteiger partial charge in [-0.3, -0.25) is 14.4 Å². The molecule has 0 spiro atoms. The number of carbonyl (C=O) groups excluding carboxylic acids is 5. The van der Waals surface area contributed by atoms with Gasteiger partial charge in [0.15, 0.2) is 12.1 Å². The average Bonchev–Trinajstić information content (AvgIpc) is 3.25. The van der Waals surface area contributed by atoms with E-state index >= 15 is 0 Å². The molecule has 5 amide bonds. The number of urea groups is 1. The molecule has 1 aliphatic heterocycles. The van der Waals surface area contributed by atoms with Crippen molar-refractivity contribution in [3.05, 3.63) is 40.3 Å². The predicted molar refractivity (Wildman–Crippen MR) is 230 cm³/mol. The number of Topliss-reactive ketones (excluding diaryl/α,β-unsaturated/α-hetero) is 1. The molecular weight excluding hydrogens is 825 g/mol. The standard InChI is InChI=1S/C42H70N8O13/c1-5-6-8-12-26(4)35(54)30(24-61-40-38(57)37(56)36(55)32(22-51)63-40)48-42(60)62-23-27-15-17-29(18-16-27)47-39(58)28(13-11-19-45-41(43)59)21-31(52)34(25(2)3)49-33(53)14-9-7-10-20-46-50-44/h15-18,25-26,28,30,32,34-38,40,51,54-57H,5-14,19-24H2,1-4H3,(H,47,58)(H,48,60)(H,49,53)(H3,43,45,59)/t26-,28-,30+,32?,34+,35-,36+,37+,38?,40+/m1/s1. The number of nitrogens with zero attached hydrogens (tertiary/aromatic N) is 3. The minimum atomic E-state index is -1.68. The van der Waals surface area contributed by atoms with Crippen molar-refractivity contribution in [3.63, 3.8) is 0 Å². The van der Waals surface area contributed by atoms with E-state index in [-0.39, 0.29) is 62.5 Å². The third-order valence-electron chi connectivity index (χ3n) is 10.8. The fourth-order valence-corrected chi connectivity index (χ4v) is 6.99. The number of anilines is 1. The highest BCUT2D eigenvalue weighted by atomic mass is 16.7. The molecular formula is C42H70N8O13. The monoisotopic (exact) mass is 895 g/mol. The molecule has 0 saturated carbocycles.